The molecule has 7 heteroatoms. The fraction of sp³-hybridized carbons (Fsp3) is 0.500. The predicted octanol–water partition coefficient (Wildman–Crippen LogP) is 2.97. The number of carboxylic acids is 1. The van der Waals surface area contributed by atoms with Gasteiger partial charge in [-0.2, -0.15) is 0 Å². The van der Waals surface area contributed by atoms with Crippen LogP contribution < -0.4 is 9.47 Å². The van der Waals surface area contributed by atoms with Crippen molar-refractivity contribution in [3.8, 4) is 11.5 Å². The first-order valence-electron chi connectivity index (χ1n) is 6.57. The number of benzene rings is 1. The molecule has 0 heterocycles. The van der Waals surface area contributed by atoms with Gasteiger partial charge in [-0.15, -0.1) is 0 Å². The molecule has 1 N–H and O–H groups in total. The molecular weight excluding hydrogens is 278 g/mol. The molecule has 0 amide bonds. The standard InChI is InChI=1S/C14H19NO6/c1-9(2)10-7-12(20-3)13(8-11(10)15(18)19)21-6-4-5-14(16)17/h7-9H,4-6H2,1-3H3,(H,16,17). The summed E-state index contributed by atoms with van der Waals surface area (Å²) in [6.45, 7) is 3.87. The van der Waals surface area contributed by atoms with E-state index in [1.807, 2.05) is 13.8 Å². The van der Waals surface area contributed by atoms with Crippen molar-refractivity contribution in [3.63, 3.8) is 0 Å². The molecule has 0 aliphatic heterocycles. The molecular formula is C14H19NO6. The highest BCUT2D eigenvalue weighted by atomic mass is 16.6. The maximum Gasteiger partial charge on any atom is 0.303 e. The molecule has 0 atom stereocenters. The van der Waals surface area contributed by atoms with E-state index in [1.165, 1.54) is 13.2 Å². The van der Waals surface area contributed by atoms with Crippen molar-refractivity contribution in [2.75, 3.05) is 13.7 Å². The lowest BCUT2D eigenvalue weighted by Crippen LogP contribution is -2.05. The number of carbonyl (C=O) groups is 1. The lowest BCUT2D eigenvalue weighted by atomic mass is 10.0. The molecule has 0 bridgehead atoms. The van der Waals surface area contributed by atoms with Gasteiger partial charge in [0.25, 0.3) is 5.69 Å². The minimum Gasteiger partial charge on any atom is -0.493 e. The van der Waals surface area contributed by atoms with Gasteiger partial charge in [0.2, 0.25) is 0 Å². The molecule has 0 fully saturated rings. The number of aliphatic carboxylic acids is 1. The van der Waals surface area contributed by atoms with E-state index >= 15 is 0 Å². The molecule has 0 saturated heterocycles. The SMILES string of the molecule is COc1cc(C(C)C)c([N+](=O)[O-])cc1OCCCC(=O)O. The number of ether oxygens (including phenoxy) is 2. The second-order valence-corrected chi connectivity index (χ2v) is 4.82. The van der Waals surface area contributed by atoms with E-state index in [0.717, 1.165) is 0 Å². The lowest BCUT2D eigenvalue weighted by molar-refractivity contribution is -0.385. The Labute approximate surface area is 122 Å². The van der Waals surface area contributed by atoms with Crippen molar-refractivity contribution in [3.05, 3.63) is 27.8 Å². The number of nitrogens with zero attached hydrogens (tertiary/aromatic N) is 1. The summed E-state index contributed by atoms with van der Waals surface area (Å²) in [5.74, 6) is -0.286. The summed E-state index contributed by atoms with van der Waals surface area (Å²) in [6, 6.07) is 2.92. The predicted molar refractivity (Wildman–Crippen MR) is 76.1 cm³/mol. The second-order valence-electron chi connectivity index (χ2n) is 4.82. The molecule has 0 aliphatic carbocycles. The Morgan fingerprint density at radius 1 is 1.38 bits per heavy atom. The van der Waals surface area contributed by atoms with Gasteiger partial charge in [-0.25, -0.2) is 0 Å². The molecule has 1 rings (SSSR count). The molecule has 1 aromatic carbocycles. The van der Waals surface area contributed by atoms with Crippen molar-refractivity contribution < 1.29 is 24.3 Å². The maximum atomic E-state index is 11.1. The summed E-state index contributed by atoms with van der Waals surface area (Å²) in [5.41, 5.74) is 0.536. The number of nitro groups is 1. The van der Waals surface area contributed by atoms with E-state index in [2.05, 4.69) is 0 Å². The van der Waals surface area contributed by atoms with Crippen LogP contribution in [0.4, 0.5) is 5.69 Å². The Morgan fingerprint density at radius 3 is 2.52 bits per heavy atom. The van der Waals surface area contributed by atoms with Gasteiger partial charge in [0.1, 0.15) is 0 Å². The van der Waals surface area contributed by atoms with Gasteiger partial charge in [-0.1, -0.05) is 13.8 Å². The van der Waals surface area contributed by atoms with Gasteiger partial charge in [-0.05, 0) is 18.4 Å². The van der Waals surface area contributed by atoms with Gasteiger partial charge >= 0.3 is 5.97 Å². The van der Waals surface area contributed by atoms with Gasteiger partial charge in [0.15, 0.2) is 11.5 Å². The van der Waals surface area contributed by atoms with Crippen LogP contribution >= 0.6 is 0 Å². The van der Waals surface area contributed by atoms with E-state index in [1.54, 1.807) is 6.07 Å². The van der Waals surface area contributed by atoms with Crippen LogP contribution in [0.1, 0.15) is 38.2 Å². The van der Waals surface area contributed by atoms with E-state index < -0.39 is 10.9 Å². The molecule has 116 valence electrons. The maximum absolute atomic E-state index is 11.1. The third kappa shape index (κ3) is 4.62. The van der Waals surface area contributed by atoms with Crippen molar-refractivity contribution in [1.82, 2.24) is 0 Å². The van der Waals surface area contributed by atoms with Crippen LogP contribution in [0.2, 0.25) is 0 Å². The topological polar surface area (TPSA) is 98.9 Å². The van der Waals surface area contributed by atoms with Gasteiger partial charge < -0.3 is 14.6 Å². The highest BCUT2D eigenvalue weighted by Crippen LogP contribution is 2.37. The highest BCUT2D eigenvalue weighted by Gasteiger charge is 2.21. The van der Waals surface area contributed by atoms with Crippen molar-refractivity contribution in [2.24, 2.45) is 0 Å². The minimum atomic E-state index is -0.910. The molecule has 0 saturated carbocycles. The Balaban J connectivity index is 2.99. The largest absolute Gasteiger partial charge is 0.493 e. The molecule has 0 radical (unpaired) electrons. The summed E-state index contributed by atoms with van der Waals surface area (Å²) in [5, 5.41) is 19.7. The van der Waals surface area contributed by atoms with Crippen LogP contribution in [0.15, 0.2) is 12.1 Å². The van der Waals surface area contributed by atoms with Crippen LogP contribution in [0.25, 0.3) is 0 Å². The number of nitro benzene ring substituents is 1. The molecule has 7 nitrogen and oxygen atoms in total. The van der Waals surface area contributed by atoms with Crippen LogP contribution in [0, 0.1) is 10.1 Å². The third-order valence-electron chi connectivity index (χ3n) is 2.92. The molecule has 0 aliphatic rings. The zero-order chi connectivity index (χ0) is 16.0. The average Bonchev–Trinajstić information content (AvgIpc) is 2.42. The summed E-state index contributed by atoms with van der Waals surface area (Å²) in [4.78, 5) is 21.1. The van der Waals surface area contributed by atoms with Gasteiger partial charge in [0, 0.05) is 12.0 Å². The van der Waals surface area contributed by atoms with E-state index in [9.17, 15) is 14.9 Å². The number of methoxy groups -OCH3 is 1. The Bertz CT molecular complexity index is 526. The first-order chi connectivity index (χ1) is 9.86. The fourth-order valence-electron chi connectivity index (χ4n) is 1.86. The van der Waals surface area contributed by atoms with Crippen molar-refractivity contribution in [2.45, 2.75) is 32.6 Å². The summed E-state index contributed by atoms with van der Waals surface area (Å²) < 4.78 is 10.6. The normalized spacial score (nSPS) is 10.5. The van der Waals surface area contributed by atoms with E-state index in [0.29, 0.717) is 17.7 Å². The highest BCUT2D eigenvalue weighted by molar-refractivity contribution is 5.66. The molecule has 0 aromatic heterocycles. The smallest absolute Gasteiger partial charge is 0.303 e. The molecule has 0 unspecified atom stereocenters. The summed E-state index contributed by atoms with van der Waals surface area (Å²) >= 11 is 0. The zero-order valence-corrected chi connectivity index (χ0v) is 12.3. The quantitative estimate of drug-likeness (QED) is 0.450. The van der Waals surface area contributed by atoms with Crippen LogP contribution in [-0.4, -0.2) is 29.7 Å². The van der Waals surface area contributed by atoms with Crippen molar-refractivity contribution in [1.29, 1.82) is 0 Å². The van der Waals surface area contributed by atoms with E-state index in [-0.39, 0.29) is 30.4 Å². The third-order valence-corrected chi connectivity index (χ3v) is 2.92. The van der Waals surface area contributed by atoms with E-state index in [4.69, 9.17) is 14.6 Å². The Kier molecular flexibility index (Phi) is 5.95. The number of rotatable bonds is 8. The first kappa shape index (κ1) is 16.7. The van der Waals surface area contributed by atoms with Crippen molar-refractivity contribution >= 4 is 11.7 Å². The Morgan fingerprint density at radius 2 is 2.05 bits per heavy atom. The summed E-state index contributed by atoms with van der Waals surface area (Å²) in [6.07, 6.45) is 0.298. The molecule has 21 heavy (non-hydrogen) atoms. The molecule has 1 aromatic rings. The number of hydrogen-bond acceptors (Lipinski definition) is 5. The fourth-order valence-corrected chi connectivity index (χ4v) is 1.86. The second kappa shape index (κ2) is 7.47. The average molecular weight is 297 g/mol. The first-order valence-corrected chi connectivity index (χ1v) is 6.57. The zero-order valence-electron chi connectivity index (χ0n) is 12.3. The lowest BCUT2D eigenvalue weighted by Gasteiger charge is -2.14. The van der Waals surface area contributed by atoms with Gasteiger partial charge in [-0.3, -0.25) is 14.9 Å². The van der Waals surface area contributed by atoms with Gasteiger partial charge in [0.05, 0.1) is 24.7 Å². The number of hydrogen-bond donors (Lipinski definition) is 1. The van der Waals surface area contributed by atoms with Crippen LogP contribution in [0.5, 0.6) is 11.5 Å². The minimum absolute atomic E-state index is 0.0194. The van der Waals surface area contributed by atoms with Crippen LogP contribution in [-0.2, 0) is 4.79 Å². The monoisotopic (exact) mass is 297 g/mol. The van der Waals surface area contributed by atoms with Crippen LogP contribution in [0.3, 0.4) is 0 Å². The Hall–Kier alpha value is -2.31. The number of carboxylic acid groups (broad SMARTS) is 1. The molecule has 0 spiro atoms. The summed E-state index contributed by atoms with van der Waals surface area (Å²) in [7, 11) is 1.45.